The fourth-order valence-corrected chi connectivity index (χ4v) is 1.15. The summed E-state index contributed by atoms with van der Waals surface area (Å²) in [5.74, 6) is -0.451. The van der Waals surface area contributed by atoms with E-state index in [2.05, 4.69) is 10.1 Å². The normalized spacial score (nSPS) is 12.3. The van der Waals surface area contributed by atoms with Crippen molar-refractivity contribution in [2.75, 3.05) is 12.4 Å². The number of rotatable bonds is 4. The lowest BCUT2D eigenvalue weighted by atomic mass is 10.2. The van der Waals surface area contributed by atoms with E-state index < -0.39 is 18.4 Å². The number of carbonyl (C=O) groups excluding carboxylic acids is 1. The summed E-state index contributed by atoms with van der Waals surface area (Å²) in [7, 11) is 1.29. The summed E-state index contributed by atoms with van der Waals surface area (Å²) in [5, 5.41) is 2.62. The Balaban J connectivity index is 2.68. The molecule has 3 nitrogen and oxygen atoms in total. The number of halogens is 2. The number of hydrogen-bond acceptors (Lipinski definition) is 3. The van der Waals surface area contributed by atoms with Crippen LogP contribution in [0.1, 0.15) is 17.3 Å². The molecule has 0 radical (unpaired) electrons. The van der Waals surface area contributed by atoms with Gasteiger partial charge in [0.25, 0.3) is 6.43 Å². The van der Waals surface area contributed by atoms with Crippen molar-refractivity contribution in [2.24, 2.45) is 0 Å². The van der Waals surface area contributed by atoms with E-state index in [1.54, 1.807) is 12.1 Å². The van der Waals surface area contributed by atoms with Gasteiger partial charge in [-0.3, -0.25) is 0 Å². The lowest BCUT2D eigenvalue weighted by molar-refractivity contribution is 0.0600. The molecule has 1 unspecified atom stereocenters. The molecule has 0 aliphatic heterocycles. The Hall–Kier alpha value is -1.65. The van der Waals surface area contributed by atoms with Crippen LogP contribution in [-0.2, 0) is 4.74 Å². The van der Waals surface area contributed by atoms with E-state index in [-0.39, 0.29) is 0 Å². The number of carbonyl (C=O) groups is 1. The second-order valence-corrected chi connectivity index (χ2v) is 3.34. The van der Waals surface area contributed by atoms with Crippen LogP contribution in [0.4, 0.5) is 14.5 Å². The number of methoxy groups -OCH3 is 1. The maximum Gasteiger partial charge on any atom is 0.337 e. The fourth-order valence-electron chi connectivity index (χ4n) is 1.15. The molecule has 1 N–H and O–H groups in total. The predicted octanol–water partition coefficient (Wildman–Crippen LogP) is 2.54. The minimum absolute atomic E-state index is 0.387. The summed E-state index contributed by atoms with van der Waals surface area (Å²) in [6, 6.07) is 5.23. The first-order valence-electron chi connectivity index (χ1n) is 4.77. The zero-order valence-corrected chi connectivity index (χ0v) is 9.04. The van der Waals surface area contributed by atoms with Crippen molar-refractivity contribution in [2.45, 2.75) is 19.4 Å². The Labute approximate surface area is 92.4 Å². The molecule has 88 valence electrons. The van der Waals surface area contributed by atoms with Gasteiger partial charge >= 0.3 is 5.97 Å². The quantitative estimate of drug-likeness (QED) is 0.806. The van der Waals surface area contributed by atoms with Gasteiger partial charge in [-0.05, 0) is 31.2 Å². The number of nitrogens with one attached hydrogen (secondary N) is 1. The molecule has 0 saturated heterocycles. The zero-order chi connectivity index (χ0) is 12.1. The third kappa shape index (κ3) is 3.18. The molecule has 0 bridgehead atoms. The van der Waals surface area contributed by atoms with E-state index in [4.69, 9.17) is 0 Å². The number of ether oxygens (including phenoxy) is 1. The molecule has 1 aromatic carbocycles. The van der Waals surface area contributed by atoms with Crippen molar-refractivity contribution in [1.82, 2.24) is 0 Å². The number of anilines is 1. The van der Waals surface area contributed by atoms with Crippen molar-refractivity contribution in [1.29, 1.82) is 0 Å². The number of alkyl halides is 2. The largest absolute Gasteiger partial charge is 0.465 e. The topological polar surface area (TPSA) is 38.3 Å². The molecule has 0 aliphatic carbocycles. The van der Waals surface area contributed by atoms with Gasteiger partial charge in [0.15, 0.2) is 0 Å². The maximum absolute atomic E-state index is 12.2. The highest BCUT2D eigenvalue weighted by Gasteiger charge is 2.14. The van der Waals surface area contributed by atoms with E-state index in [1.165, 1.54) is 26.2 Å². The summed E-state index contributed by atoms with van der Waals surface area (Å²) in [6.45, 7) is 1.39. The highest BCUT2D eigenvalue weighted by atomic mass is 19.3. The zero-order valence-electron chi connectivity index (χ0n) is 9.04. The second-order valence-electron chi connectivity index (χ2n) is 3.34. The molecule has 0 saturated carbocycles. The minimum atomic E-state index is -2.43. The standard InChI is InChI=1S/C11H13F2NO2/c1-7(10(12)13)14-9-5-3-8(4-6-9)11(15)16-2/h3-7,10,14H,1-2H3. The molecule has 1 rings (SSSR count). The Bertz CT molecular complexity index is 352. The number of esters is 1. The van der Waals surface area contributed by atoms with Crippen molar-refractivity contribution in [3.8, 4) is 0 Å². The average molecular weight is 229 g/mol. The lowest BCUT2D eigenvalue weighted by Crippen LogP contribution is -2.23. The van der Waals surface area contributed by atoms with Crippen LogP contribution in [0, 0.1) is 0 Å². The molecule has 0 amide bonds. The van der Waals surface area contributed by atoms with E-state index >= 15 is 0 Å². The highest BCUT2D eigenvalue weighted by molar-refractivity contribution is 5.89. The molecule has 0 fully saturated rings. The predicted molar refractivity (Wildman–Crippen MR) is 56.9 cm³/mol. The van der Waals surface area contributed by atoms with Gasteiger partial charge in [0, 0.05) is 5.69 Å². The van der Waals surface area contributed by atoms with Crippen LogP contribution in [0.25, 0.3) is 0 Å². The summed E-state index contributed by atoms with van der Waals surface area (Å²) in [6.07, 6.45) is -2.43. The van der Waals surface area contributed by atoms with E-state index in [1.807, 2.05) is 0 Å². The molecule has 1 atom stereocenters. The van der Waals surface area contributed by atoms with Gasteiger partial charge < -0.3 is 10.1 Å². The Morgan fingerprint density at radius 2 is 1.88 bits per heavy atom. The fraction of sp³-hybridized carbons (Fsp3) is 0.364. The molecule has 1 aromatic rings. The Morgan fingerprint density at radius 1 is 1.31 bits per heavy atom. The molecule has 0 spiro atoms. The summed E-state index contributed by atoms with van der Waals surface area (Å²) in [4.78, 5) is 11.1. The molecule has 16 heavy (non-hydrogen) atoms. The van der Waals surface area contributed by atoms with Gasteiger partial charge in [-0.1, -0.05) is 0 Å². The third-order valence-electron chi connectivity index (χ3n) is 2.08. The van der Waals surface area contributed by atoms with Gasteiger partial charge in [-0.25, -0.2) is 13.6 Å². The van der Waals surface area contributed by atoms with Gasteiger partial charge in [-0.2, -0.15) is 0 Å². The maximum atomic E-state index is 12.2. The van der Waals surface area contributed by atoms with Crippen LogP contribution in [0.3, 0.4) is 0 Å². The van der Waals surface area contributed by atoms with Crippen LogP contribution in [0.2, 0.25) is 0 Å². The lowest BCUT2D eigenvalue weighted by Gasteiger charge is -2.14. The smallest absolute Gasteiger partial charge is 0.337 e. The van der Waals surface area contributed by atoms with Crippen molar-refractivity contribution in [3.63, 3.8) is 0 Å². The summed E-state index contributed by atoms with van der Waals surface area (Å²) in [5.41, 5.74) is 0.929. The van der Waals surface area contributed by atoms with Crippen LogP contribution in [0.15, 0.2) is 24.3 Å². The van der Waals surface area contributed by atoms with E-state index in [0.717, 1.165) is 0 Å². The minimum Gasteiger partial charge on any atom is -0.465 e. The molecular formula is C11H13F2NO2. The van der Waals surface area contributed by atoms with Crippen LogP contribution in [-0.4, -0.2) is 25.5 Å². The van der Waals surface area contributed by atoms with Gasteiger partial charge in [0.1, 0.15) is 0 Å². The van der Waals surface area contributed by atoms with Gasteiger partial charge in [0.2, 0.25) is 0 Å². The van der Waals surface area contributed by atoms with Crippen LogP contribution < -0.4 is 5.32 Å². The van der Waals surface area contributed by atoms with Gasteiger partial charge in [-0.15, -0.1) is 0 Å². The Morgan fingerprint density at radius 3 is 2.31 bits per heavy atom. The third-order valence-corrected chi connectivity index (χ3v) is 2.08. The molecule has 0 heterocycles. The highest BCUT2D eigenvalue weighted by Crippen LogP contribution is 2.13. The van der Waals surface area contributed by atoms with Crippen LogP contribution >= 0.6 is 0 Å². The van der Waals surface area contributed by atoms with Crippen LogP contribution in [0.5, 0.6) is 0 Å². The first-order valence-corrected chi connectivity index (χ1v) is 4.77. The number of hydrogen-bond donors (Lipinski definition) is 1. The SMILES string of the molecule is COC(=O)c1ccc(NC(C)C(F)F)cc1. The first-order chi connectivity index (χ1) is 7.54. The molecular weight excluding hydrogens is 216 g/mol. The molecule has 0 aliphatic rings. The summed E-state index contributed by atoms with van der Waals surface area (Å²) >= 11 is 0. The second kappa shape index (κ2) is 5.44. The Kier molecular flexibility index (Phi) is 4.22. The van der Waals surface area contributed by atoms with E-state index in [0.29, 0.717) is 11.3 Å². The summed E-state index contributed by atoms with van der Waals surface area (Å²) < 4.78 is 29.0. The van der Waals surface area contributed by atoms with Gasteiger partial charge in [0.05, 0.1) is 18.7 Å². The van der Waals surface area contributed by atoms with Crippen molar-refractivity contribution >= 4 is 11.7 Å². The van der Waals surface area contributed by atoms with Crippen molar-refractivity contribution < 1.29 is 18.3 Å². The molecule has 5 heteroatoms. The average Bonchev–Trinajstić information content (AvgIpc) is 2.28. The van der Waals surface area contributed by atoms with Crippen molar-refractivity contribution in [3.05, 3.63) is 29.8 Å². The van der Waals surface area contributed by atoms with E-state index in [9.17, 15) is 13.6 Å². The molecule has 0 aromatic heterocycles. The monoisotopic (exact) mass is 229 g/mol. The first kappa shape index (κ1) is 12.4. The number of benzene rings is 1.